The molecule has 2 aromatic rings. The van der Waals surface area contributed by atoms with Crippen LogP contribution in [0, 0.1) is 17.5 Å². The van der Waals surface area contributed by atoms with Gasteiger partial charge in [-0.25, -0.2) is 13.2 Å². The van der Waals surface area contributed by atoms with Gasteiger partial charge in [0.25, 0.3) is 0 Å². The second-order valence-corrected chi connectivity index (χ2v) is 4.53. The van der Waals surface area contributed by atoms with Gasteiger partial charge in [0.1, 0.15) is 11.4 Å². The molecule has 2 rings (SSSR count). The van der Waals surface area contributed by atoms with E-state index < -0.39 is 23.1 Å². The average molecular weight is 282 g/mol. The summed E-state index contributed by atoms with van der Waals surface area (Å²) in [6.45, 7) is 1.30. The van der Waals surface area contributed by atoms with Gasteiger partial charge in [-0.05, 0) is 36.8 Å². The molecule has 0 aliphatic carbocycles. The third-order valence-electron chi connectivity index (χ3n) is 3.19. The summed E-state index contributed by atoms with van der Waals surface area (Å²) in [6.07, 6.45) is 0. The molecule has 20 heavy (non-hydrogen) atoms. The van der Waals surface area contributed by atoms with Crippen LogP contribution in [0.5, 0.6) is 5.75 Å². The largest absolute Gasteiger partial charge is 0.497 e. The van der Waals surface area contributed by atoms with Gasteiger partial charge < -0.3 is 9.84 Å². The summed E-state index contributed by atoms with van der Waals surface area (Å²) in [6, 6.07) is 8.11. The van der Waals surface area contributed by atoms with Gasteiger partial charge in [-0.2, -0.15) is 0 Å². The molecule has 0 saturated heterocycles. The first-order valence-corrected chi connectivity index (χ1v) is 5.88. The van der Waals surface area contributed by atoms with Crippen molar-refractivity contribution < 1.29 is 23.0 Å². The molecule has 0 bridgehead atoms. The van der Waals surface area contributed by atoms with Crippen molar-refractivity contribution >= 4 is 0 Å². The van der Waals surface area contributed by atoms with E-state index in [1.54, 1.807) is 18.2 Å². The molecule has 0 amide bonds. The zero-order valence-electron chi connectivity index (χ0n) is 11.0. The monoisotopic (exact) mass is 282 g/mol. The van der Waals surface area contributed by atoms with Crippen molar-refractivity contribution in [3.63, 3.8) is 0 Å². The Morgan fingerprint density at radius 3 is 2.40 bits per heavy atom. The van der Waals surface area contributed by atoms with Gasteiger partial charge in [0.2, 0.25) is 0 Å². The Morgan fingerprint density at radius 2 is 1.75 bits per heavy atom. The van der Waals surface area contributed by atoms with Gasteiger partial charge in [0.05, 0.1) is 7.11 Å². The highest BCUT2D eigenvalue weighted by Crippen LogP contribution is 2.33. The second kappa shape index (κ2) is 5.17. The van der Waals surface area contributed by atoms with Crippen molar-refractivity contribution in [1.29, 1.82) is 0 Å². The van der Waals surface area contributed by atoms with Crippen molar-refractivity contribution in [3.8, 4) is 5.75 Å². The van der Waals surface area contributed by atoms with Gasteiger partial charge in [0.15, 0.2) is 17.5 Å². The number of hydrogen-bond acceptors (Lipinski definition) is 2. The van der Waals surface area contributed by atoms with Gasteiger partial charge >= 0.3 is 0 Å². The molecule has 1 unspecified atom stereocenters. The smallest absolute Gasteiger partial charge is 0.194 e. The number of hydrogen-bond donors (Lipinski definition) is 1. The second-order valence-electron chi connectivity index (χ2n) is 4.53. The lowest BCUT2D eigenvalue weighted by molar-refractivity contribution is 0.0964. The minimum Gasteiger partial charge on any atom is -0.497 e. The Balaban J connectivity index is 2.57. The maximum absolute atomic E-state index is 13.8. The summed E-state index contributed by atoms with van der Waals surface area (Å²) in [5.41, 5.74) is -1.85. The number of benzene rings is 2. The Kier molecular flexibility index (Phi) is 3.72. The summed E-state index contributed by atoms with van der Waals surface area (Å²) in [5.74, 6) is -3.85. The van der Waals surface area contributed by atoms with Gasteiger partial charge in [-0.1, -0.05) is 12.1 Å². The Bertz CT molecular complexity index is 639. The number of aliphatic hydroxyl groups is 1. The van der Waals surface area contributed by atoms with Crippen LogP contribution in [0.3, 0.4) is 0 Å². The Hall–Kier alpha value is -2.01. The number of halogens is 3. The number of rotatable bonds is 3. The highest BCUT2D eigenvalue weighted by atomic mass is 19.2. The van der Waals surface area contributed by atoms with E-state index in [0.29, 0.717) is 11.3 Å². The maximum Gasteiger partial charge on any atom is 0.194 e. The van der Waals surface area contributed by atoms with E-state index in [1.165, 1.54) is 20.1 Å². The van der Waals surface area contributed by atoms with Crippen LogP contribution >= 0.6 is 0 Å². The highest BCUT2D eigenvalue weighted by Gasteiger charge is 2.31. The first-order chi connectivity index (χ1) is 9.37. The normalized spacial score (nSPS) is 13.9. The molecule has 2 nitrogen and oxygen atoms in total. The predicted octanol–water partition coefficient (Wildman–Crippen LogP) is 3.37. The molecule has 0 aliphatic heterocycles. The van der Waals surface area contributed by atoms with Crippen LogP contribution < -0.4 is 4.74 Å². The number of ether oxygens (including phenoxy) is 1. The summed E-state index contributed by atoms with van der Waals surface area (Å²) < 4.78 is 45.1. The summed E-state index contributed by atoms with van der Waals surface area (Å²) >= 11 is 0. The number of methoxy groups -OCH3 is 1. The minimum absolute atomic E-state index is 0.307. The van der Waals surface area contributed by atoms with Crippen molar-refractivity contribution in [1.82, 2.24) is 0 Å². The van der Waals surface area contributed by atoms with Crippen LogP contribution in [-0.2, 0) is 5.60 Å². The molecule has 0 fully saturated rings. The van der Waals surface area contributed by atoms with Crippen molar-refractivity contribution in [2.75, 3.05) is 7.11 Å². The van der Waals surface area contributed by atoms with Crippen LogP contribution in [0.1, 0.15) is 18.1 Å². The lowest BCUT2D eigenvalue weighted by atomic mass is 9.87. The van der Waals surface area contributed by atoms with Crippen molar-refractivity contribution in [2.24, 2.45) is 0 Å². The molecular formula is C15H13F3O2. The molecule has 106 valence electrons. The van der Waals surface area contributed by atoms with E-state index in [9.17, 15) is 18.3 Å². The van der Waals surface area contributed by atoms with Gasteiger partial charge in [-0.3, -0.25) is 0 Å². The van der Waals surface area contributed by atoms with Crippen molar-refractivity contribution in [2.45, 2.75) is 12.5 Å². The molecule has 2 aromatic carbocycles. The fourth-order valence-electron chi connectivity index (χ4n) is 1.98. The zero-order valence-corrected chi connectivity index (χ0v) is 11.0. The lowest BCUT2D eigenvalue weighted by Gasteiger charge is -2.25. The molecule has 5 heteroatoms. The third kappa shape index (κ3) is 2.36. The Labute approximate surface area is 114 Å². The molecule has 0 spiro atoms. The Morgan fingerprint density at radius 1 is 1.05 bits per heavy atom. The quantitative estimate of drug-likeness (QED) is 0.875. The molecule has 0 heterocycles. The summed E-state index contributed by atoms with van der Waals surface area (Å²) in [5, 5.41) is 10.5. The van der Waals surface area contributed by atoms with E-state index in [2.05, 4.69) is 0 Å². The van der Waals surface area contributed by atoms with Crippen LogP contribution in [0.4, 0.5) is 13.2 Å². The van der Waals surface area contributed by atoms with E-state index in [1.807, 2.05) is 0 Å². The fraction of sp³-hybridized carbons (Fsp3) is 0.200. The van der Waals surface area contributed by atoms with Gasteiger partial charge in [0, 0.05) is 5.56 Å². The van der Waals surface area contributed by atoms with Crippen LogP contribution in [0.2, 0.25) is 0 Å². The van der Waals surface area contributed by atoms with Gasteiger partial charge in [-0.15, -0.1) is 0 Å². The van der Waals surface area contributed by atoms with E-state index in [0.717, 1.165) is 12.1 Å². The highest BCUT2D eigenvalue weighted by molar-refractivity contribution is 5.40. The molecule has 1 N–H and O–H groups in total. The average Bonchev–Trinajstić information content (AvgIpc) is 2.44. The summed E-state index contributed by atoms with van der Waals surface area (Å²) in [7, 11) is 1.45. The van der Waals surface area contributed by atoms with Crippen LogP contribution in [0.15, 0.2) is 36.4 Å². The van der Waals surface area contributed by atoms with E-state index in [4.69, 9.17) is 4.74 Å². The summed E-state index contributed by atoms with van der Waals surface area (Å²) in [4.78, 5) is 0. The fourth-order valence-corrected chi connectivity index (χ4v) is 1.98. The molecule has 0 aromatic heterocycles. The standard InChI is InChI=1S/C15H13F3O2/c1-15(19,9-4-3-5-10(8-9)20-2)11-6-7-12(16)14(18)13(11)17/h3-8,19H,1-2H3. The topological polar surface area (TPSA) is 29.5 Å². The molecule has 0 saturated carbocycles. The van der Waals surface area contributed by atoms with Crippen molar-refractivity contribution in [3.05, 3.63) is 65.0 Å². The molecule has 1 atom stereocenters. The SMILES string of the molecule is COc1cccc(C(C)(O)c2ccc(F)c(F)c2F)c1. The lowest BCUT2D eigenvalue weighted by Crippen LogP contribution is -2.25. The van der Waals surface area contributed by atoms with Crippen LogP contribution in [-0.4, -0.2) is 12.2 Å². The maximum atomic E-state index is 13.8. The predicted molar refractivity (Wildman–Crippen MR) is 68.0 cm³/mol. The van der Waals surface area contributed by atoms with E-state index >= 15 is 0 Å². The minimum atomic E-state index is -1.81. The van der Waals surface area contributed by atoms with Crippen LogP contribution in [0.25, 0.3) is 0 Å². The molecule has 0 aliphatic rings. The first kappa shape index (κ1) is 14.4. The third-order valence-corrected chi connectivity index (χ3v) is 3.19. The molecular weight excluding hydrogens is 269 g/mol. The van der Waals surface area contributed by atoms with E-state index in [-0.39, 0.29) is 5.56 Å². The first-order valence-electron chi connectivity index (χ1n) is 5.88. The zero-order chi connectivity index (χ0) is 14.9. The molecule has 0 radical (unpaired) electrons.